The average Bonchev–Trinajstić information content (AvgIpc) is 3.08. The maximum Gasteiger partial charge on any atom is 0.416 e. The first-order chi connectivity index (χ1) is 14.1. The number of aromatic hydroxyl groups is 1. The monoisotopic (exact) mass is 459 g/mol. The predicted molar refractivity (Wildman–Crippen MR) is 105 cm³/mol. The van der Waals surface area contributed by atoms with Gasteiger partial charge in [0.25, 0.3) is 5.91 Å². The summed E-state index contributed by atoms with van der Waals surface area (Å²) in [5.74, 6) is -1.20. The van der Waals surface area contributed by atoms with Gasteiger partial charge in [0.1, 0.15) is 5.75 Å². The normalized spacial score (nSPS) is 11.4. The fraction of sp³-hybridized carbons (Fsp3) is 0.167. The Hall–Kier alpha value is -3.05. The number of alkyl halides is 3. The van der Waals surface area contributed by atoms with Crippen LogP contribution in [0.25, 0.3) is 10.2 Å². The second-order valence-corrected chi connectivity index (χ2v) is 7.43. The molecular formula is C18H13ClF3N3O4S. The third kappa shape index (κ3) is 4.74. The van der Waals surface area contributed by atoms with E-state index in [1.54, 1.807) is 0 Å². The van der Waals surface area contributed by atoms with Crippen molar-refractivity contribution in [2.75, 3.05) is 12.4 Å². The standard InChI is InChI=1S/C18H13ClF3N3O4S/c1-29-17(28)23-7-8-4-10(19)6-11(14(8)26)15(27)25-16-24-12-3-2-9(18(20,21)22)5-13(12)30-16/h2-6,26H,7H2,1H3,(H,23,28)(H,24,25,27). The van der Waals surface area contributed by atoms with Crippen LogP contribution in [0.15, 0.2) is 30.3 Å². The molecule has 2 amide bonds. The lowest BCUT2D eigenvalue weighted by Crippen LogP contribution is -2.22. The molecule has 0 saturated heterocycles. The molecule has 158 valence electrons. The van der Waals surface area contributed by atoms with Gasteiger partial charge in [0.05, 0.1) is 28.5 Å². The third-order valence-electron chi connectivity index (χ3n) is 3.94. The molecule has 1 heterocycles. The Morgan fingerprint density at radius 1 is 1.27 bits per heavy atom. The topological polar surface area (TPSA) is 101 Å². The maximum atomic E-state index is 12.8. The second-order valence-electron chi connectivity index (χ2n) is 5.96. The minimum absolute atomic E-state index is 0.0444. The fourth-order valence-electron chi connectivity index (χ4n) is 2.52. The Morgan fingerprint density at radius 2 is 2.00 bits per heavy atom. The summed E-state index contributed by atoms with van der Waals surface area (Å²) in [6, 6.07) is 5.62. The summed E-state index contributed by atoms with van der Waals surface area (Å²) in [5.41, 5.74) is -0.579. The van der Waals surface area contributed by atoms with Gasteiger partial charge in [-0.05, 0) is 30.3 Å². The molecular weight excluding hydrogens is 447 g/mol. The van der Waals surface area contributed by atoms with E-state index in [1.807, 2.05) is 0 Å². The van der Waals surface area contributed by atoms with E-state index in [0.717, 1.165) is 23.5 Å². The molecule has 0 fully saturated rings. The number of hydrogen-bond acceptors (Lipinski definition) is 6. The molecule has 3 N–H and O–H groups in total. The number of thiazole rings is 1. The molecule has 0 spiro atoms. The zero-order valence-electron chi connectivity index (χ0n) is 15.1. The number of nitrogens with zero attached hydrogens (tertiary/aromatic N) is 1. The van der Waals surface area contributed by atoms with E-state index >= 15 is 0 Å². The molecule has 30 heavy (non-hydrogen) atoms. The van der Waals surface area contributed by atoms with E-state index in [1.165, 1.54) is 25.3 Å². The highest BCUT2D eigenvalue weighted by Crippen LogP contribution is 2.35. The minimum atomic E-state index is -4.50. The zero-order chi connectivity index (χ0) is 22.1. The number of carbonyl (C=O) groups is 2. The first kappa shape index (κ1) is 21.7. The van der Waals surface area contributed by atoms with Crippen molar-refractivity contribution in [2.45, 2.75) is 12.7 Å². The van der Waals surface area contributed by atoms with Crippen LogP contribution >= 0.6 is 22.9 Å². The van der Waals surface area contributed by atoms with Crippen LogP contribution < -0.4 is 10.6 Å². The number of anilines is 1. The number of carbonyl (C=O) groups excluding carboxylic acids is 2. The third-order valence-corrected chi connectivity index (χ3v) is 5.09. The number of ether oxygens (including phenoxy) is 1. The minimum Gasteiger partial charge on any atom is -0.507 e. The largest absolute Gasteiger partial charge is 0.507 e. The number of nitrogens with one attached hydrogen (secondary N) is 2. The highest BCUT2D eigenvalue weighted by molar-refractivity contribution is 7.22. The number of halogens is 4. The first-order valence-electron chi connectivity index (χ1n) is 8.21. The lowest BCUT2D eigenvalue weighted by atomic mass is 10.1. The van der Waals surface area contributed by atoms with Gasteiger partial charge in [0, 0.05) is 17.1 Å². The summed E-state index contributed by atoms with van der Waals surface area (Å²) in [5, 5.41) is 15.3. The van der Waals surface area contributed by atoms with Crippen LogP contribution in [0, 0.1) is 0 Å². The molecule has 0 aliphatic rings. The molecule has 3 rings (SSSR count). The molecule has 1 aromatic heterocycles. The maximum absolute atomic E-state index is 12.8. The van der Waals surface area contributed by atoms with Gasteiger partial charge in [0.2, 0.25) is 0 Å². The Labute approximate surface area is 176 Å². The summed E-state index contributed by atoms with van der Waals surface area (Å²) in [6.45, 7) is -0.152. The molecule has 3 aromatic rings. The molecule has 2 aromatic carbocycles. The van der Waals surface area contributed by atoms with E-state index in [9.17, 15) is 27.9 Å². The van der Waals surface area contributed by atoms with Crippen molar-refractivity contribution in [3.05, 3.63) is 52.0 Å². The number of rotatable bonds is 4. The molecule has 0 unspecified atom stereocenters. The summed E-state index contributed by atoms with van der Waals surface area (Å²) in [6.07, 6.45) is -5.24. The summed E-state index contributed by atoms with van der Waals surface area (Å²) in [4.78, 5) is 27.9. The van der Waals surface area contributed by atoms with Crippen molar-refractivity contribution in [3.8, 4) is 5.75 Å². The van der Waals surface area contributed by atoms with Crippen LogP contribution in [-0.2, 0) is 17.5 Å². The number of amides is 2. The highest BCUT2D eigenvalue weighted by Gasteiger charge is 2.30. The van der Waals surface area contributed by atoms with E-state index in [0.29, 0.717) is 0 Å². The van der Waals surface area contributed by atoms with Crippen molar-refractivity contribution in [1.29, 1.82) is 0 Å². The summed E-state index contributed by atoms with van der Waals surface area (Å²) >= 11 is 6.84. The summed E-state index contributed by atoms with van der Waals surface area (Å²) < 4.78 is 43.2. The Morgan fingerprint density at radius 3 is 2.67 bits per heavy atom. The molecule has 0 aliphatic carbocycles. The van der Waals surface area contributed by atoms with Crippen molar-refractivity contribution in [2.24, 2.45) is 0 Å². The van der Waals surface area contributed by atoms with Crippen molar-refractivity contribution in [3.63, 3.8) is 0 Å². The number of aromatic nitrogens is 1. The second kappa shape index (κ2) is 8.36. The Bertz CT molecular complexity index is 1130. The number of benzene rings is 2. The molecule has 0 aliphatic heterocycles. The van der Waals surface area contributed by atoms with Gasteiger partial charge in [-0.25, -0.2) is 9.78 Å². The highest BCUT2D eigenvalue weighted by atomic mass is 35.5. The smallest absolute Gasteiger partial charge is 0.416 e. The van der Waals surface area contributed by atoms with Crippen LogP contribution in [0.5, 0.6) is 5.75 Å². The van der Waals surface area contributed by atoms with E-state index < -0.39 is 29.5 Å². The van der Waals surface area contributed by atoms with Crippen LogP contribution in [0.3, 0.4) is 0 Å². The quantitative estimate of drug-likeness (QED) is 0.521. The Kier molecular flexibility index (Phi) is 6.04. The SMILES string of the molecule is COC(=O)NCc1cc(Cl)cc(C(=O)Nc2nc3ccc(C(F)(F)F)cc3s2)c1O. The number of alkyl carbamates (subject to hydrolysis) is 1. The molecule has 0 bridgehead atoms. The fourth-order valence-corrected chi connectivity index (χ4v) is 3.66. The number of fused-ring (bicyclic) bond motifs is 1. The van der Waals surface area contributed by atoms with Gasteiger partial charge in [-0.2, -0.15) is 13.2 Å². The summed E-state index contributed by atoms with van der Waals surface area (Å²) in [7, 11) is 1.17. The van der Waals surface area contributed by atoms with Crippen LogP contribution in [0.1, 0.15) is 21.5 Å². The molecule has 0 radical (unpaired) electrons. The first-order valence-corrected chi connectivity index (χ1v) is 9.40. The lowest BCUT2D eigenvalue weighted by molar-refractivity contribution is -0.137. The average molecular weight is 460 g/mol. The predicted octanol–water partition coefficient (Wildman–Crippen LogP) is 4.78. The van der Waals surface area contributed by atoms with Crippen LogP contribution in [0.2, 0.25) is 5.02 Å². The Balaban J connectivity index is 1.85. The number of hydrogen-bond donors (Lipinski definition) is 3. The van der Waals surface area contributed by atoms with Gasteiger partial charge in [-0.1, -0.05) is 22.9 Å². The molecule has 7 nitrogen and oxygen atoms in total. The van der Waals surface area contributed by atoms with Crippen molar-refractivity contribution < 1.29 is 32.6 Å². The molecule has 12 heteroatoms. The van der Waals surface area contributed by atoms with Crippen molar-refractivity contribution in [1.82, 2.24) is 10.3 Å². The molecule has 0 saturated carbocycles. The molecule has 0 atom stereocenters. The van der Waals surface area contributed by atoms with E-state index in [4.69, 9.17) is 11.6 Å². The number of phenolic OH excluding ortho intramolecular Hbond substituents is 1. The van der Waals surface area contributed by atoms with Crippen LogP contribution in [-0.4, -0.2) is 29.2 Å². The van der Waals surface area contributed by atoms with E-state index in [-0.39, 0.29) is 38.0 Å². The van der Waals surface area contributed by atoms with Crippen LogP contribution in [0.4, 0.5) is 23.1 Å². The zero-order valence-corrected chi connectivity index (χ0v) is 16.7. The number of methoxy groups -OCH3 is 1. The van der Waals surface area contributed by atoms with E-state index in [2.05, 4.69) is 20.4 Å². The van der Waals surface area contributed by atoms with Gasteiger partial charge < -0.3 is 15.2 Å². The van der Waals surface area contributed by atoms with Gasteiger partial charge in [-0.3, -0.25) is 10.1 Å². The van der Waals surface area contributed by atoms with Crippen molar-refractivity contribution >= 4 is 50.3 Å². The lowest BCUT2D eigenvalue weighted by Gasteiger charge is -2.11. The van der Waals surface area contributed by atoms with Gasteiger partial charge in [-0.15, -0.1) is 0 Å². The van der Waals surface area contributed by atoms with Gasteiger partial charge in [0.15, 0.2) is 5.13 Å². The number of phenols is 1. The van der Waals surface area contributed by atoms with Gasteiger partial charge >= 0.3 is 12.3 Å².